The van der Waals surface area contributed by atoms with E-state index in [9.17, 15) is 24.3 Å². The fourth-order valence-electron chi connectivity index (χ4n) is 8.80. The standard InChI is InChI=1S/C40H30INO5/c41-25-15-17-26(18-16-25)42-38(46)29-20-19-27-31(35(29)39(42)47)21-32-37(45)30(23-9-3-1-4-10-23)22-34(44)40(32,24-11-5-2-6-12-24)36(27)28-13-7-8-14-33(28)43/h1-19,22,29,31-32,35-36,43H,20-21H2. The van der Waals surface area contributed by atoms with Crippen LogP contribution >= 0.6 is 22.6 Å². The molecule has 0 radical (unpaired) electrons. The van der Waals surface area contributed by atoms with Crippen LogP contribution in [0.4, 0.5) is 5.69 Å². The average Bonchev–Trinajstić information content (AvgIpc) is 3.36. The second-order valence-electron chi connectivity index (χ2n) is 12.8. The van der Waals surface area contributed by atoms with Crippen molar-refractivity contribution < 1.29 is 24.3 Å². The van der Waals surface area contributed by atoms with Gasteiger partial charge in [0.15, 0.2) is 11.6 Å². The Kier molecular flexibility index (Phi) is 7.13. The minimum absolute atomic E-state index is 0.0163. The van der Waals surface area contributed by atoms with E-state index in [0.717, 1.165) is 9.14 Å². The number of allylic oxidation sites excluding steroid dienone is 4. The molecule has 7 heteroatoms. The number of phenols is 1. The lowest BCUT2D eigenvalue weighted by atomic mass is 9.44. The molecule has 8 rings (SSSR count). The third-order valence-electron chi connectivity index (χ3n) is 10.7. The van der Waals surface area contributed by atoms with Gasteiger partial charge in [-0.15, -0.1) is 0 Å². The summed E-state index contributed by atoms with van der Waals surface area (Å²) in [6.07, 6.45) is 4.05. The summed E-state index contributed by atoms with van der Waals surface area (Å²) in [4.78, 5) is 59.6. The van der Waals surface area contributed by atoms with Gasteiger partial charge in [-0.1, -0.05) is 90.5 Å². The van der Waals surface area contributed by atoms with E-state index in [1.165, 1.54) is 11.0 Å². The first-order chi connectivity index (χ1) is 22.8. The Labute approximate surface area is 286 Å². The van der Waals surface area contributed by atoms with Gasteiger partial charge in [0.2, 0.25) is 11.8 Å². The van der Waals surface area contributed by atoms with Gasteiger partial charge in [-0.2, -0.15) is 0 Å². The molecule has 6 nitrogen and oxygen atoms in total. The van der Waals surface area contributed by atoms with Crippen molar-refractivity contribution in [2.45, 2.75) is 24.2 Å². The number of rotatable bonds is 4. The number of nitrogens with zero attached hydrogens (tertiary/aromatic N) is 1. The molecule has 0 bridgehead atoms. The summed E-state index contributed by atoms with van der Waals surface area (Å²) in [5.41, 5.74) is 2.21. The minimum atomic E-state index is -1.37. The summed E-state index contributed by atoms with van der Waals surface area (Å²) in [5.74, 6) is -4.25. The topological polar surface area (TPSA) is 91.8 Å². The van der Waals surface area contributed by atoms with Crippen molar-refractivity contribution in [1.29, 1.82) is 0 Å². The molecule has 3 aliphatic carbocycles. The molecular formula is C40H30INO5. The molecule has 4 aliphatic rings. The number of carbonyl (C=O) groups is 4. The number of benzene rings is 4. The number of hydrogen-bond donors (Lipinski definition) is 1. The van der Waals surface area contributed by atoms with Crippen molar-refractivity contribution in [3.8, 4) is 5.75 Å². The van der Waals surface area contributed by atoms with Gasteiger partial charge in [0.05, 0.1) is 22.9 Å². The summed E-state index contributed by atoms with van der Waals surface area (Å²) < 4.78 is 0.990. The first-order valence-electron chi connectivity index (χ1n) is 15.8. The number of aromatic hydroxyl groups is 1. The van der Waals surface area contributed by atoms with Crippen molar-refractivity contribution >= 4 is 57.2 Å². The zero-order valence-corrected chi connectivity index (χ0v) is 27.4. The van der Waals surface area contributed by atoms with Crippen LogP contribution < -0.4 is 4.90 Å². The quantitative estimate of drug-likeness (QED) is 0.138. The second-order valence-corrected chi connectivity index (χ2v) is 14.1. The fourth-order valence-corrected chi connectivity index (χ4v) is 9.15. The van der Waals surface area contributed by atoms with Crippen molar-refractivity contribution in [3.05, 3.63) is 147 Å². The number of imide groups is 1. The van der Waals surface area contributed by atoms with Gasteiger partial charge in [-0.05, 0) is 88.9 Å². The number of hydrogen-bond acceptors (Lipinski definition) is 5. The van der Waals surface area contributed by atoms with Crippen LogP contribution in [-0.2, 0) is 24.6 Å². The Hall–Kier alpha value is -4.63. The highest BCUT2D eigenvalue weighted by molar-refractivity contribution is 14.1. The Balaban J connectivity index is 1.36. The lowest BCUT2D eigenvalue weighted by Crippen LogP contribution is -2.58. The van der Waals surface area contributed by atoms with Crippen molar-refractivity contribution in [3.63, 3.8) is 0 Å². The van der Waals surface area contributed by atoms with E-state index in [-0.39, 0.29) is 35.6 Å². The molecule has 2 amide bonds. The lowest BCUT2D eigenvalue weighted by Gasteiger charge is -2.55. The van der Waals surface area contributed by atoms with E-state index in [4.69, 9.17) is 0 Å². The molecule has 4 aromatic carbocycles. The van der Waals surface area contributed by atoms with Gasteiger partial charge in [0.1, 0.15) is 5.75 Å². The molecule has 1 saturated heterocycles. The number of ketones is 2. The number of anilines is 1. The molecule has 1 N–H and O–H groups in total. The zero-order chi connectivity index (χ0) is 32.4. The Morgan fingerprint density at radius 2 is 1.40 bits per heavy atom. The second kappa shape index (κ2) is 11.3. The van der Waals surface area contributed by atoms with Crippen molar-refractivity contribution in [2.75, 3.05) is 4.90 Å². The van der Waals surface area contributed by atoms with Gasteiger partial charge in [0.25, 0.3) is 0 Å². The maximum Gasteiger partial charge on any atom is 0.238 e. The predicted octanol–water partition coefficient (Wildman–Crippen LogP) is 7.03. The van der Waals surface area contributed by atoms with Gasteiger partial charge in [0, 0.05) is 26.5 Å². The number of Topliss-reactive ketones (excluding diaryl/α,β-unsaturated/α-hetero) is 1. The Morgan fingerprint density at radius 1 is 0.745 bits per heavy atom. The van der Waals surface area contributed by atoms with Crippen LogP contribution in [0.5, 0.6) is 5.75 Å². The van der Waals surface area contributed by atoms with Gasteiger partial charge < -0.3 is 5.11 Å². The molecule has 0 spiro atoms. The van der Waals surface area contributed by atoms with Crippen molar-refractivity contribution in [1.82, 2.24) is 0 Å². The van der Waals surface area contributed by atoms with E-state index >= 15 is 0 Å². The molecule has 6 atom stereocenters. The molecule has 0 aromatic heterocycles. The van der Waals surface area contributed by atoms with E-state index in [2.05, 4.69) is 22.6 Å². The summed E-state index contributed by atoms with van der Waals surface area (Å²) in [6.45, 7) is 0. The summed E-state index contributed by atoms with van der Waals surface area (Å²) in [5, 5.41) is 11.4. The zero-order valence-electron chi connectivity index (χ0n) is 25.3. The van der Waals surface area contributed by atoms with E-state index in [1.54, 1.807) is 24.3 Å². The van der Waals surface area contributed by atoms with Crippen LogP contribution in [0.2, 0.25) is 0 Å². The van der Waals surface area contributed by atoms with Crippen LogP contribution in [0.25, 0.3) is 5.57 Å². The normalized spacial score (nSPS) is 28.3. The van der Waals surface area contributed by atoms with Crippen LogP contribution in [0.15, 0.2) is 127 Å². The first kappa shape index (κ1) is 29.8. The van der Waals surface area contributed by atoms with E-state index < -0.39 is 35.0 Å². The smallest absolute Gasteiger partial charge is 0.238 e. The number of para-hydroxylation sites is 1. The highest BCUT2D eigenvalue weighted by atomic mass is 127. The molecule has 232 valence electrons. The maximum atomic E-state index is 15.0. The van der Waals surface area contributed by atoms with Crippen LogP contribution in [0, 0.1) is 27.2 Å². The van der Waals surface area contributed by atoms with E-state index in [1.807, 2.05) is 91.0 Å². The minimum Gasteiger partial charge on any atom is -0.508 e. The highest BCUT2D eigenvalue weighted by Crippen LogP contribution is 2.64. The molecule has 1 saturated carbocycles. The van der Waals surface area contributed by atoms with E-state index in [0.29, 0.717) is 34.4 Å². The number of phenolic OH excluding ortho intramolecular Hbond substituents is 1. The summed E-state index contributed by atoms with van der Waals surface area (Å²) >= 11 is 2.19. The number of carbonyl (C=O) groups excluding carboxylic acids is 4. The number of fused-ring (bicyclic) bond motifs is 4. The Morgan fingerprint density at radius 3 is 2.11 bits per heavy atom. The van der Waals surface area contributed by atoms with Gasteiger partial charge in [-0.25, -0.2) is 0 Å². The number of amides is 2. The third kappa shape index (κ3) is 4.35. The van der Waals surface area contributed by atoms with Crippen LogP contribution in [-0.4, -0.2) is 28.5 Å². The Bertz CT molecular complexity index is 2020. The van der Waals surface area contributed by atoms with Crippen LogP contribution in [0.3, 0.4) is 0 Å². The van der Waals surface area contributed by atoms with Crippen LogP contribution in [0.1, 0.15) is 35.4 Å². The summed E-state index contributed by atoms with van der Waals surface area (Å²) in [6, 6.07) is 32.9. The molecule has 47 heavy (non-hydrogen) atoms. The molecule has 4 aromatic rings. The molecule has 2 fully saturated rings. The fraction of sp³-hybridized carbons (Fsp3) is 0.200. The van der Waals surface area contributed by atoms with Gasteiger partial charge >= 0.3 is 0 Å². The van der Waals surface area contributed by atoms with Crippen molar-refractivity contribution in [2.24, 2.45) is 23.7 Å². The largest absolute Gasteiger partial charge is 0.508 e. The number of halogens is 1. The first-order valence-corrected chi connectivity index (χ1v) is 16.9. The maximum absolute atomic E-state index is 15.0. The van der Waals surface area contributed by atoms with Gasteiger partial charge in [-0.3, -0.25) is 24.1 Å². The molecule has 1 heterocycles. The third-order valence-corrected chi connectivity index (χ3v) is 11.4. The average molecular weight is 732 g/mol. The molecule has 1 aliphatic heterocycles. The SMILES string of the molecule is O=C1C(c2ccccc2)=CC(=O)C2(c3ccccc3)C1CC1C(=CCC3C(=O)N(c4ccc(I)cc4)C(=O)C31)C2c1ccccc1O. The highest BCUT2D eigenvalue weighted by Gasteiger charge is 2.66. The summed E-state index contributed by atoms with van der Waals surface area (Å²) in [7, 11) is 0. The monoisotopic (exact) mass is 731 g/mol. The predicted molar refractivity (Wildman–Crippen MR) is 186 cm³/mol. The molecular weight excluding hydrogens is 701 g/mol. The lowest BCUT2D eigenvalue weighted by molar-refractivity contribution is -0.135. The molecule has 6 unspecified atom stereocenters.